The Hall–Kier alpha value is -1.02. The van der Waals surface area contributed by atoms with E-state index in [1.807, 2.05) is 0 Å². The lowest BCUT2D eigenvalue weighted by atomic mass is 9.56. The maximum atomic E-state index is 5.92. The third-order valence-corrected chi connectivity index (χ3v) is 4.84. The summed E-state index contributed by atoms with van der Waals surface area (Å²) in [6, 6.07) is 6.61. The predicted molar refractivity (Wildman–Crippen MR) is 69.6 cm³/mol. The number of fused-ring (bicyclic) bond motifs is 2. The molecule has 0 amide bonds. The fraction of sp³-hybridized carbons (Fsp3) is 0.600. The number of ether oxygens (including phenoxy) is 1. The number of rotatable bonds is 2. The fourth-order valence-corrected chi connectivity index (χ4v) is 3.60. The summed E-state index contributed by atoms with van der Waals surface area (Å²) in [6.07, 6.45) is 6.69. The van der Waals surface area contributed by atoms with Crippen LogP contribution in [0.4, 0.5) is 0 Å². The topological polar surface area (TPSA) is 35.2 Å². The van der Waals surface area contributed by atoms with Gasteiger partial charge in [-0.2, -0.15) is 0 Å². The van der Waals surface area contributed by atoms with Crippen molar-refractivity contribution in [2.75, 3.05) is 13.7 Å². The van der Waals surface area contributed by atoms with Crippen LogP contribution in [0.25, 0.3) is 0 Å². The van der Waals surface area contributed by atoms with Gasteiger partial charge in [-0.25, -0.2) is 0 Å². The van der Waals surface area contributed by atoms with Crippen molar-refractivity contribution in [1.82, 2.24) is 0 Å². The highest BCUT2D eigenvalue weighted by Gasteiger charge is 2.43. The van der Waals surface area contributed by atoms with Crippen molar-refractivity contribution in [2.24, 2.45) is 5.73 Å². The molecule has 1 aromatic rings. The number of hydrogen-bond acceptors (Lipinski definition) is 2. The number of hydrogen-bond donors (Lipinski definition) is 1. The normalized spacial score (nSPS) is 25.2. The number of benzene rings is 1. The summed E-state index contributed by atoms with van der Waals surface area (Å²) in [7, 11) is 1.74. The van der Waals surface area contributed by atoms with Gasteiger partial charge in [-0.05, 0) is 66.8 Å². The van der Waals surface area contributed by atoms with Crippen LogP contribution in [0, 0.1) is 0 Å². The van der Waals surface area contributed by atoms with Gasteiger partial charge in [0.05, 0.1) is 7.11 Å². The Labute approximate surface area is 103 Å². The SMILES string of the molecule is COc1ccc2c(c1)C(CN)CCC21CCC1. The standard InChI is InChI=1S/C15H21NO/c1-17-12-3-4-14-13(9-12)11(10-16)5-8-15(14)6-2-7-15/h3-4,9,11H,2,5-8,10,16H2,1H3. The summed E-state index contributed by atoms with van der Waals surface area (Å²) in [5.74, 6) is 1.50. The molecule has 0 aliphatic heterocycles. The lowest BCUT2D eigenvalue weighted by molar-refractivity contribution is 0.199. The molecule has 3 rings (SSSR count). The molecule has 1 saturated carbocycles. The van der Waals surface area contributed by atoms with Crippen LogP contribution in [0.15, 0.2) is 18.2 Å². The minimum atomic E-state index is 0.493. The van der Waals surface area contributed by atoms with E-state index in [2.05, 4.69) is 18.2 Å². The molecule has 0 aromatic heterocycles. The van der Waals surface area contributed by atoms with E-state index in [0.29, 0.717) is 11.3 Å². The average molecular weight is 231 g/mol. The van der Waals surface area contributed by atoms with Gasteiger partial charge in [-0.1, -0.05) is 12.5 Å². The smallest absolute Gasteiger partial charge is 0.119 e. The third kappa shape index (κ3) is 1.58. The molecule has 0 heterocycles. The maximum Gasteiger partial charge on any atom is 0.119 e. The van der Waals surface area contributed by atoms with Crippen LogP contribution in [-0.4, -0.2) is 13.7 Å². The van der Waals surface area contributed by atoms with Crippen molar-refractivity contribution in [3.05, 3.63) is 29.3 Å². The lowest BCUT2D eigenvalue weighted by Gasteiger charge is -2.48. The molecule has 0 saturated heterocycles. The lowest BCUT2D eigenvalue weighted by Crippen LogP contribution is -2.39. The minimum absolute atomic E-state index is 0.493. The number of methoxy groups -OCH3 is 1. The van der Waals surface area contributed by atoms with E-state index in [-0.39, 0.29) is 0 Å². The van der Waals surface area contributed by atoms with Crippen LogP contribution in [-0.2, 0) is 5.41 Å². The molecule has 1 unspecified atom stereocenters. The van der Waals surface area contributed by atoms with Crippen molar-refractivity contribution in [1.29, 1.82) is 0 Å². The summed E-state index contributed by atoms with van der Waals surface area (Å²) < 4.78 is 5.35. The number of nitrogens with two attached hydrogens (primary N) is 1. The van der Waals surface area contributed by atoms with Crippen molar-refractivity contribution < 1.29 is 4.74 Å². The quantitative estimate of drug-likeness (QED) is 0.849. The molecule has 1 spiro atoms. The van der Waals surface area contributed by atoms with Gasteiger partial charge >= 0.3 is 0 Å². The Morgan fingerprint density at radius 1 is 1.35 bits per heavy atom. The van der Waals surface area contributed by atoms with Gasteiger partial charge in [-0.15, -0.1) is 0 Å². The molecule has 2 nitrogen and oxygen atoms in total. The monoisotopic (exact) mass is 231 g/mol. The van der Waals surface area contributed by atoms with E-state index in [1.54, 1.807) is 12.7 Å². The minimum Gasteiger partial charge on any atom is -0.497 e. The molecule has 1 aromatic carbocycles. The summed E-state index contributed by atoms with van der Waals surface area (Å²) in [5, 5.41) is 0. The molecule has 1 atom stereocenters. The van der Waals surface area contributed by atoms with Crippen molar-refractivity contribution in [3.8, 4) is 5.75 Å². The van der Waals surface area contributed by atoms with Gasteiger partial charge < -0.3 is 10.5 Å². The summed E-state index contributed by atoms with van der Waals surface area (Å²) in [6.45, 7) is 0.760. The van der Waals surface area contributed by atoms with E-state index >= 15 is 0 Å². The first-order valence-corrected chi connectivity index (χ1v) is 6.67. The summed E-state index contributed by atoms with van der Waals surface area (Å²) in [4.78, 5) is 0. The molecule has 17 heavy (non-hydrogen) atoms. The molecule has 0 bridgehead atoms. The van der Waals surface area contributed by atoms with E-state index in [9.17, 15) is 0 Å². The zero-order chi connectivity index (χ0) is 11.9. The van der Waals surface area contributed by atoms with Gasteiger partial charge in [0, 0.05) is 0 Å². The highest BCUT2D eigenvalue weighted by atomic mass is 16.5. The van der Waals surface area contributed by atoms with Gasteiger partial charge in [-0.3, -0.25) is 0 Å². The van der Waals surface area contributed by atoms with Crippen LogP contribution in [0.3, 0.4) is 0 Å². The molecule has 1 fully saturated rings. The average Bonchev–Trinajstić information content (AvgIpc) is 2.34. The summed E-state index contributed by atoms with van der Waals surface area (Å²) in [5.41, 5.74) is 9.43. The Morgan fingerprint density at radius 2 is 2.18 bits per heavy atom. The fourth-order valence-electron chi connectivity index (χ4n) is 3.60. The first kappa shape index (κ1) is 11.1. The molecule has 0 radical (unpaired) electrons. The second kappa shape index (κ2) is 4.02. The second-order valence-electron chi connectivity index (χ2n) is 5.56. The molecule has 2 heteroatoms. The van der Waals surface area contributed by atoms with Gasteiger partial charge in [0.2, 0.25) is 0 Å². The molecule has 2 aliphatic carbocycles. The van der Waals surface area contributed by atoms with Gasteiger partial charge in [0.15, 0.2) is 0 Å². The van der Waals surface area contributed by atoms with E-state index in [0.717, 1.165) is 12.3 Å². The van der Waals surface area contributed by atoms with Crippen molar-refractivity contribution in [2.45, 2.75) is 43.4 Å². The first-order valence-electron chi connectivity index (χ1n) is 6.67. The van der Waals surface area contributed by atoms with Crippen LogP contribution in [0.1, 0.15) is 49.1 Å². The largest absolute Gasteiger partial charge is 0.497 e. The predicted octanol–water partition coefficient (Wildman–Crippen LogP) is 2.95. The zero-order valence-corrected chi connectivity index (χ0v) is 10.5. The third-order valence-electron chi connectivity index (χ3n) is 4.84. The van der Waals surface area contributed by atoms with Crippen LogP contribution >= 0.6 is 0 Å². The molecular formula is C15H21NO. The Bertz CT molecular complexity index is 423. The van der Waals surface area contributed by atoms with Crippen LogP contribution in [0.2, 0.25) is 0 Å². The first-order chi connectivity index (χ1) is 8.29. The summed E-state index contributed by atoms with van der Waals surface area (Å²) >= 11 is 0. The Kier molecular flexibility index (Phi) is 2.62. The second-order valence-corrected chi connectivity index (χ2v) is 5.56. The molecular weight excluding hydrogens is 210 g/mol. The molecule has 92 valence electrons. The van der Waals surface area contributed by atoms with Crippen molar-refractivity contribution in [3.63, 3.8) is 0 Å². The van der Waals surface area contributed by atoms with E-state index in [4.69, 9.17) is 10.5 Å². The molecule has 2 aliphatic rings. The maximum absolute atomic E-state index is 5.92. The van der Waals surface area contributed by atoms with Crippen LogP contribution in [0.5, 0.6) is 5.75 Å². The van der Waals surface area contributed by atoms with Gasteiger partial charge in [0.25, 0.3) is 0 Å². The zero-order valence-electron chi connectivity index (χ0n) is 10.5. The van der Waals surface area contributed by atoms with E-state index < -0.39 is 0 Å². The Balaban J connectivity index is 2.07. The van der Waals surface area contributed by atoms with Gasteiger partial charge in [0.1, 0.15) is 5.75 Å². The Morgan fingerprint density at radius 3 is 2.76 bits per heavy atom. The highest BCUT2D eigenvalue weighted by Crippen LogP contribution is 2.54. The van der Waals surface area contributed by atoms with Crippen molar-refractivity contribution >= 4 is 0 Å². The molecule has 2 N–H and O–H groups in total. The van der Waals surface area contributed by atoms with E-state index in [1.165, 1.54) is 37.7 Å². The highest BCUT2D eigenvalue weighted by molar-refractivity contribution is 5.45. The van der Waals surface area contributed by atoms with Crippen LogP contribution < -0.4 is 10.5 Å².